The zero-order chi connectivity index (χ0) is 15.5. The molecular formula is C17H25BrN2O. The van der Waals surface area contributed by atoms with Crippen LogP contribution >= 0.6 is 15.9 Å². The van der Waals surface area contributed by atoms with Crippen LogP contribution in [0.5, 0.6) is 0 Å². The second-order valence-electron chi connectivity index (χ2n) is 6.54. The number of carbonyl (C=O) groups is 1. The highest BCUT2D eigenvalue weighted by Crippen LogP contribution is 2.31. The zero-order valence-electron chi connectivity index (χ0n) is 12.9. The molecule has 0 saturated heterocycles. The molecule has 1 amide bonds. The average molecular weight is 353 g/mol. The molecule has 0 bridgehead atoms. The summed E-state index contributed by atoms with van der Waals surface area (Å²) >= 11 is 3.43. The van der Waals surface area contributed by atoms with Crippen molar-refractivity contribution < 1.29 is 4.79 Å². The molecular weight excluding hydrogens is 328 g/mol. The van der Waals surface area contributed by atoms with E-state index in [0.717, 1.165) is 36.6 Å². The van der Waals surface area contributed by atoms with Crippen LogP contribution in [0.2, 0.25) is 0 Å². The van der Waals surface area contributed by atoms with Gasteiger partial charge in [0.05, 0.1) is 5.92 Å². The Hall–Kier alpha value is -0.870. The summed E-state index contributed by atoms with van der Waals surface area (Å²) in [7, 11) is 0. The normalized spacial score (nSPS) is 27.1. The van der Waals surface area contributed by atoms with Crippen molar-refractivity contribution in [3.05, 3.63) is 34.3 Å². The molecule has 4 heteroatoms. The second-order valence-corrected chi connectivity index (χ2v) is 7.46. The molecule has 2 rings (SSSR count). The first kappa shape index (κ1) is 16.5. The highest BCUT2D eigenvalue weighted by Gasteiger charge is 2.37. The van der Waals surface area contributed by atoms with Crippen LogP contribution in [0.3, 0.4) is 0 Å². The van der Waals surface area contributed by atoms with Crippen LogP contribution < -0.4 is 11.1 Å². The highest BCUT2D eigenvalue weighted by atomic mass is 79.9. The smallest absolute Gasteiger partial charge is 0.225 e. The molecule has 0 aliphatic heterocycles. The number of nitrogens with one attached hydrogen (secondary N) is 1. The van der Waals surface area contributed by atoms with Gasteiger partial charge in [-0.3, -0.25) is 4.79 Å². The van der Waals surface area contributed by atoms with Crippen LogP contribution in [0.15, 0.2) is 28.7 Å². The van der Waals surface area contributed by atoms with Crippen molar-refractivity contribution in [1.29, 1.82) is 0 Å². The summed E-state index contributed by atoms with van der Waals surface area (Å²) < 4.78 is 1.07. The van der Waals surface area contributed by atoms with Gasteiger partial charge in [0.25, 0.3) is 0 Å². The third kappa shape index (κ3) is 4.55. The van der Waals surface area contributed by atoms with E-state index in [0.29, 0.717) is 0 Å². The van der Waals surface area contributed by atoms with E-state index in [4.69, 9.17) is 5.73 Å². The van der Waals surface area contributed by atoms with Crippen LogP contribution in [-0.2, 0) is 11.2 Å². The van der Waals surface area contributed by atoms with E-state index in [1.165, 1.54) is 5.56 Å². The molecule has 3 unspecified atom stereocenters. The van der Waals surface area contributed by atoms with Crippen LogP contribution in [0.4, 0.5) is 0 Å². The second kappa shape index (κ2) is 6.93. The van der Waals surface area contributed by atoms with Crippen molar-refractivity contribution in [2.24, 2.45) is 11.7 Å². The molecule has 1 saturated carbocycles. The summed E-state index contributed by atoms with van der Waals surface area (Å²) in [4.78, 5) is 12.5. The van der Waals surface area contributed by atoms with Crippen molar-refractivity contribution in [2.75, 3.05) is 0 Å². The van der Waals surface area contributed by atoms with Crippen LogP contribution in [0, 0.1) is 5.92 Å². The monoisotopic (exact) mass is 352 g/mol. The fraction of sp³-hybridized carbons (Fsp3) is 0.588. The van der Waals surface area contributed by atoms with Gasteiger partial charge in [0.15, 0.2) is 0 Å². The fourth-order valence-corrected chi connectivity index (χ4v) is 3.42. The van der Waals surface area contributed by atoms with Gasteiger partial charge in [-0.2, -0.15) is 0 Å². The predicted octanol–water partition coefficient (Wildman–Crippen LogP) is 3.40. The standard InChI is InChI=1S/C17H25BrN2O/c1-12(11-13-6-8-14(18)9-7-13)20-16(21)15-5-3-4-10-17(15,2)19/h6-9,12,15H,3-5,10-11,19H2,1-2H3,(H,20,21). The van der Waals surface area contributed by atoms with Gasteiger partial charge in [-0.15, -0.1) is 0 Å². The van der Waals surface area contributed by atoms with E-state index in [1.807, 2.05) is 19.1 Å². The Morgan fingerprint density at radius 2 is 2.10 bits per heavy atom. The molecule has 3 nitrogen and oxygen atoms in total. The minimum Gasteiger partial charge on any atom is -0.353 e. The molecule has 1 aliphatic carbocycles. The van der Waals surface area contributed by atoms with Crippen molar-refractivity contribution >= 4 is 21.8 Å². The Balaban J connectivity index is 1.91. The maximum Gasteiger partial charge on any atom is 0.225 e. The Labute approximate surface area is 135 Å². The summed E-state index contributed by atoms with van der Waals surface area (Å²) in [5.74, 6) is 0.0583. The molecule has 1 aliphatic rings. The largest absolute Gasteiger partial charge is 0.353 e. The van der Waals surface area contributed by atoms with Crippen molar-refractivity contribution in [3.8, 4) is 0 Å². The van der Waals surface area contributed by atoms with Gasteiger partial charge in [-0.25, -0.2) is 0 Å². The summed E-state index contributed by atoms with van der Waals surface area (Å²) in [6.07, 6.45) is 4.92. The van der Waals surface area contributed by atoms with E-state index < -0.39 is 0 Å². The molecule has 21 heavy (non-hydrogen) atoms. The zero-order valence-corrected chi connectivity index (χ0v) is 14.4. The summed E-state index contributed by atoms with van der Waals surface area (Å²) in [6, 6.07) is 8.35. The van der Waals surface area contributed by atoms with Gasteiger partial charge >= 0.3 is 0 Å². The van der Waals surface area contributed by atoms with Gasteiger partial charge in [0.2, 0.25) is 5.91 Å². The number of hydrogen-bond donors (Lipinski definition) is 2. The first-order chi connectivity index (χ1) is 9.88. The number of nitrogens with two attached hydrogens (primary N) is 1. The number of rotatable bonds is 4. The topological polar surface area (TPSA) is 55.1 Å². The number of carbonyl (C=O) groups excluding carboxylic acids is 1. The Morgan fingerprint density at radius 3 is 2.71 bits per heavy atom. The third-order valence-electron chi connectivity index (χ3n) is 4.41. The van der Waals surface area contributed by atoms with E-state index in [1.54, 1.807) is 0 Å². The Bertz CT molecular complexity index is 484. The Kier molecular flexibility index (Phi) is 5.44. The van der Waals surface area contributed by atoms with Crippen LogP contribution in [0.25, 0.3) is 0 Å². The van der Waals surface area contributed by atoms with E-state index >= 15 is 0 Å². The van der Waals surface area contributed by atoms with Crippen molar-refractivity contribution in [3.63, 3.8) is 0 Å². The number of hydrogen-bond acceptors (Lipinski definition) is 2. The van der Waals surface area contributed by atoms with Gasteiger partial charge in [0.1, 0.15) is 0 Å². The number of amides is 1. The third-order valence-corrected chi connectivity index (χ3v) is 4.94. The lowest BCUT2D eigenvalue weighted by atomic mass is 9.74. The molecule has 1 fully saturated rings. The molecule has 0 aromatic heterocycles. The number of halogens is 1. The molecule has 0 heterocycles. The summed E-state index contributed by atoms with van der Waals surface area (Å²) in [5.41, 5.74) is 7.17. The van der Waals surface area contributed by atoms with E-state index in [9.17, 15) is 4.79 Å². The van der Waals surface area contributed by atoms with E-state index in [-0.39, 0.29) is 23.4 Å². The SMILES string of the molecule is CC(Cc1ccc(Br)cc1)NC(=O)C1CCCCC1(C)N. The van der Waals surface area contributed by atoms with Crippen LogP contribution in [-0.4, -0.2) is 17.5 Å². The molecule has 116 valence electrons. The number of benzene rings is 1. The quantitative estimate of drug-likeness (QED) is 0.872. The van der Waals surface area contributed by atoms with Crippen molar-refractivity contribution in [1.82, 2.24) is 5.32 Å². The van der Waals surface area contributed by atoms with Gasteiger partial charge in [-0.1, -0.05) is 40.9 Å². The van der Waals surface area contributed by atoms with E-state index in [2.05, 4.69) is 40.3 Å². The first-order valence-corrected chi connectivity index (χ1v) is 8.51. The lowest BCUT2D eigenvalue weighted by Crippen LogP contribution is -2.54. The highest BCUT2D eigenvalue weighted by molar-refractivity contribution is 9.10. The molecule has 3 N–H and O–H groups in total. The first-order valence-electron chi connectivity index (χ1n) is 7.72. The molecule has 3 atom stereocenters. The van der Waals surface area contributed by atoms with Gasteiger partial charge in [-0.05, 0) is 50.8 Å². The molecule has 1 aromatic carbocycles. The van der Waals surface area contributed by atoms with Gasteiger partial charge in [0, 0.05) is 16.1 Å². The minimum atomic E-state index is -0.361. The van der Waals surface area contributed by atoms with Crippen molar-refractivity contribution in [2.45, 2.75) is 57.5 Å². The summed E-state index contributed by atoms with van der Waals surface area (Å²) in [6.45, 7) is 4.06. The maximum absolute atomic E-state index is 12.5. The predicted molar refractivity (Wildman–Crippen MR) is 90.0 cm³/mol. The fourth-order valence-electron chi connectivity index (χ4n) is 3.16. The van der Waals surface area contributed by atoms with Gasteiger partial charge < -0.3 is 11.1 Å². The molecule has 0 radical (unpaired) electrons. The Morgan fingerprint density at radius 1 is 1.43 bits per heavy atom. The average Bonchev–Trinajstić information content (AvgIpc) is 2.40. The molecule has 0 spiro atoms. The molecule has 1 aromatic rings. The minimum absolute atomic E-state index is 0.0568. The summed E-state index contributed by atoms with van der Waals surface area (Å²) in [5, 5.41) is 3.14. The maximum atomic E-state index is 12.5. The lowest BCUT2D eigenvalue weighted by Gasteiger charge is -2.37. The van der Waals surface area contributed by atoms with Crippen LogP contribution in [0.1, 0.15) is 45.1 Å². The lowest BCUT2D eigenvalue weighted by molar-refractivity contribution is -0.128.